The quantitative estimate of drug-likeness (QED) is 0.819. The number of nitrogens with one attached hydrogen (secondary N) is 1. The van der Waals surface area contributed by atoms with E-state index in [2.05, 4.69) is 39.2 Å². The summed E-state index contributed by atoms with van der Waals surface area (Å²) < 4.78 is 44.4. The number of carbonyl (C=O) groups is 1. The van der Waals surface area contributed by atoms with Gasteiger partial charge in [0.05, 0.1) is 18.2 Å². The van der Waals surface area contributed by atoms with Crippen LogP contribution in [0.1, 0.15) is 48.3 Å². The Hall–Kier alpha value is -1.34. The van der Waals surface area contributed by atoms with Crippen molar-refractivity contribution in [2.75, 3.05) is 6.61 Å². The Morgan fingerprint density at radius 2 is 1.83 bits per heavy atom. The van der Waals surface area contributed by atoms with E-state index in [1.54, 1.807) is 0 Å². The first-order chi connectivity index (χ1) is 10.3. The third kappa shape index (κ3) is 3.61. The molecule has 0 saturated carbocycles. The highest BCUT2D eigenvalue weighted by atomic mass is 28.4. The molecule has 0 radical (unpaired) electrons. The molecule has 0 aliphatic carbocycles. The van der Waals surface area contributed by atoms with E-state index >= 15 is 0 Å². The van der Waals surface area contributed by atoms with E-state index in [0.29, 0.717) is 5.56 Å². The average Bonchev–Trinajstić information content (AvgIpc) is 2.71. The normalized spacial score (nSPS) is 18.8. The van der Waals surface area contributed by atoms with Crippen LogP contribution in [0, 0.1) is 0 Å². The number of alkyl halides is 3. The summed E-state index contributed by atoms with van der Waals surface area (Å²) in [5, 5.41) is 2.74. The van der Waals surface area contributed by atoms with Crippen LogP contribution in [-0.4, -0.2) is 20.8 Å². The minimum Gasteiger partial charge on any atom is -0.414 e. The second-order valence-corrected chi connectivity index (χ2v) is 12.2. The van der Waals surface area contributed by atoms with Gasteiger partial charge >= 0.3 is 6.18 Å². The molecule has 1 aliphatic rings. The first-order valence-electron chi connectivity index (χ1n) is 7.49. The highest BCUT2D eigenvalue weighted by Crippen LogP contribution is 2.38. The van der Waals surface area contributed by atoms with Crippen molar-refractivity contribution in [3.8, 4) is 0 Å². The van der Waals surface area contributed by atoms with Crippen molar-refractivity contribution in [1.29, 1.82) is 0 Å². The number of fused-ring (bicyclic) bond motifs is 1. The summed E-state index contributed by atoms with van der Waals surface area (Å²) in [5.41, 5.74) is -0.150. The van der Waals surface area contributed by atoms with Crippen molar-refractivity contribution in [2.45, 2.75) is 51.1 Å². The highest BCUT2D eigenvalue weighted by Gasteiger charge is 2.40. The fourth-order valence-electron chi connectivity index (χ4n) is 2.19. The van der Waals surface area contributed by atoms with Gasteiger partial charge in [-0.2, -0.15) is 13.2 Å². The Kier molecular flexibility index (Phi) is 4.41. The number of amides is 1. The SMILES string of the molecule is CC(C)(C)[Si](C)(C)OC[C@@H]1NC(=O)c2cc(C(F)(F)F)ccc21. The molecule has 1 atom stereocenters. The Labute approximate surface area is 135 Å². The summed E-state index contributed by atoms with van der Waals surface area (Å²) in [6, 6.07) is 2.90. The summed E-state index contributed by atoms with van der Waals surface area (Å²) in [7, 11) is -1.99. The predicted octanol–water partition coefficient (Wildman–Crippen LogP) is 4.51. The minimum atomic E-state index is -4.45. The van der Waals surface area contributed by atoms with E-state index in [9.17, 15) is 18.0 Å². The van der Waals surface area contributed by atoms with Crippen molar-refractivity contribution in [2.24, 2.45) is 0 Å². The lowest BCUT2D eigenvalue weighted by Crippen LogP contribution is -2.42. The molecule has 0 saturated heterocycles. The molecule has 3 nitrogen and oxygen atoms in total. The van der Waals surface area contributed by atoms with Crippen LogP contribution < -0.4 is 5.32 Å². The zero-order valence-electron chi connectivity index (χ0n) is 14.0. The van der Waals surface area contributed by atoms with Gasteiger partial charge in [0.25, 0.3) is 5.91 Å². The van der Waals surface area contributed by atoms with Crippen LogP contribution in [-0.2, 0) is 10.6 Å². The third-order valence-corrected chi connectivity index (χ3v) is 9.22. The summed E-state index contributed by atoms with van der Waals surface area (Å²) in [6.07, 6.45) is -4.45. The Morgan fingerprint density at radius 3 is 2.35 bits per heavy atom. The molecule has 0 unspecified atom stereocenters. The lowest BCUT2D eigenvalue weighted by atomic mass is 10.0. The molecule has 0 aromatic heterocycles. The van der Waals surface area contributed by atoms with E-state index < -0.39 is 32.0 Å². The fourth-order valence-corrected chi connectivity index (χ4v) is 3.20. The predicted molar refractivity (Wildman–Crippen MR) is 84.8 cm³/mol. The van der Waals surface area contributed by atoms with Crippen LogP contribution in [0.2, 0.25) is 18.1 Å². The van der Waals surface area contributed by atoms with E-state index in [4.69, 9.17) is 4.43 Å². The number of hydrogen-bond acceptors (Lipinski definition) is 2. The van der Waals surface area contributed by atoms with Crippen molar-refractivity contribution < 1.29 is 22.4 Å². The molecule has 0 spiro atoms. The Bertz CT molecular complexity index is 621. The zero-order chi connectivity index (χ0) is 17.6. The highest BCUT2D eigenvalue weighted by molar-refractivity contribution is 6.74. The maximum absolute atomic E-state index is 12.8. The molecular formula is C16H22F3NO2Si. The van der Waals surface area contributed by atoms with Gasteiger partial charge in [-0.15, -0.1) is 0 Å². The topological polar surface area (TPSA) is 38.3 Å². The molecule has 1 N–H and O–H groups in total. The zero-order valence-corrected chi connectivity index (χ0v) is 15.0. The van der Waals surface area contributed by atoms with Gasteiger partial charge in [0.2, 0.25) is 0 Å². The van der Waals surface area contributed by atoms with Gasteiger partial charge in [-0.3, -0.25) is 4.79 Å². The smallest absolute Gasteiger partial charge is 0.414 e. The van der Waals surface area contributed by atoms with Crippen LogP contribution in [0.15, 0.2) is 18.2 Å². The van der Waals surface area contributed by atoms with Gasteiger partial charge in [0.1, 0.15) is 0 Å². The molecule has 23 heavy (non-hydrogen) atoms. The van der Waals surface area contributed by atoms with Crippen LogP contribution in [0.3, 0.4) is 0 Å². The standard InChI is InChI=1S/C16H22F3NO2Si/c1-15(2,3)23(4,5)22-9-13-11-7-6-10(16(17,18)19)8-12(11)14(21)20-13/h6-8,13H,9H2,1-5H3,(H,20,21)/t13-/m0/s1. The van der Waals surface area contributed by atoms with E-state index in [-0.39, 0.29) is 17.2 Å². The largest absolute Gasteiger partial charge is 0.416 e. The molecule has 7 heteroatoms. The van der Waals surface area contributed by atoms with Crippen LogP contribution in [0.25, 0.3) is 0 Å². The average molecular weight is 345 g/mol. The molecular weight excluding hydrogens is 323 g/mol. The molecule has 2 rings (SSSR count). The van der Waals surface area contributed by atoms with Gasteiger partial charge in [0.15, 0.2) is 8.32 Å². The van der Waals surface area contributed by atoms with E-state index in [0.717, 1.165) is 12.1 Å². The van der Waals surface area contributed by atoms with Crippen LogP contribution >= 0.6 is 0 Å². The fraction of sp³-hybridized carbons (Fsp3) is 0.562. The summed E-state index contributed by atoms with van der Waals surface area (Å²) in [4.78, 5) is 12.0. The first-order valence-corrected chi connectivity index (χ1v) is 10.4. The van der Waals surface area contributed by atoms with Crippen molar-refractivity contribution in [1.82, 2.24) is 5.32 Å². The third-order valence-electron chi connectivity index (χ3n) is 4.72. The number of carbonyl (C=O) groups excluding carboxylic acids is 1. The van der Waals surface area contributed by atoms with Crippen molar-refractivity contribution in [3.05, 3.63) is 34.9 Å². The number of halogens is 3. The monoisotopic (exact) mass is 345 g/mol. The first kappa shape index (κ1) is 18.0. The second kappa shape index (κ2) is 5.63. The molecule has 128 valence electrons. The molecule has 0 fully saturated rings. The molecule has 1 aromatic carbocycles. The second-order valence-electron chi connectivity index (χ2n) is 7.40. The number of hydrogen-bond donors (Lipinski definition) is 1. The van der Waals surface area contributed by atoms with E-state index in [1.807, 2.05) is 0 Å². The maximum Gasteiger partial charge on any atom is 0.416 e. The molecule has 1 aromatic rings. The van der Waals surface area contributed by atoms with Crippen LogP contribution in [0.4, 0.5) is 13.2 Å². The van der Waals surface area contributed by atoms with Gasteiger partial charge in [0, 0.05) is 5.56 Å². The molecule has 1 heterocycles. The number of rotatable bonds is 3. The Balaban J connectivity index is 2.20. The minimum absolute atomic E-state index is 0.0264. The lowest BCUT2D eigenvalue weighted by molar-refractivity contribution is -0.137. The lowest BCUT2D eigenvalue weighted by Gasteiger charge is -2.37. The summed E-state index contributed by atoms with van der Waals surface area (Å²) in [6.45, 7) is 10.8. The van der Waals surface area contributed by atoms with Crippen LogP contribution in [0.5, 0.6) is 0 Å². The number of benzene rings is 1. The summed E-state index contributed by atoms with van der Waals surface area (Å²) >= 11 is 0. The maximum atomic E-state index is 12.8. The van der Waals surface area contributed by atoms with Crippen molar-refractivity contribution >= 4 is 14.2 Å². The van der Waals surface area contributed by atoms with Crippen molar-refractivity contribution in [3.63, 3.8) is 0 Å². The molecule has 0 bridgehead atoms. The van der Waals surface area contributed by atoms with Gasteiger partial charge in [-0.05, 0) is 35.8 Å². The van der Waals surface area contributed by atoms with Gasteiger partial charge in [-0.25, -0.2) is 0 Å². The summed E-state index contributed by atoms with van der Waals surface area (Å²) in [5.74, 6) is -0.477. The van der Waals surface area contributed by atoms with Gasteiger partial charge < -0.3 is 9.74 Å². The Morgan fingerprint density at radius 1 is 1.22 bits per heavy atom. The molecule has 1 aliphatic heterocycles. The molecule has 1 amide bonds. The van der Waals surface area contributed by atoms with E-state index in [1.165, 1.54) is 6.07 Å². The van der Waals surface area contributed by atoms with Gasteiger partial charge in [-0.1, -0.05) is 26.8 Å².